The highest BCUT2D eigenvalue weighted by atomic mass is 16.5. The lowest BCUT2D eigenvalue weighted by Gasteiger charge is -2.09. The average molecular weight is 190 g/mol. The van der Waals surface area contributed by atoms with Crippen molar-refractivity contribution in [3.63, 3.8) is 0 Å². The Balaban J connectivity index is 2.69. The number of hydrogen-bond acceptors (Lipinski definition) is 3. The summed E-state index contributed by atoms with van der Waals surface area (Å²) in [4.78, 5) is 4.22. The van der Waals surface area contributed by atoms with Crippen LogP contribution in [0.1, 0.15) is 13.8 Å². The van der Waals surface area contributed by atoms with Gasteiger partial charge in [-0.05, 0) is 19.9 Å². The number of pyridine rings is 1. The molecule has 0 amide bonds. The fourth-order valence-corrected chi connectivity index (χ4v) is 0.975. The molecule has 0 saturated carbocycles. The van der Waals surface area contributed by atoms with E-state index < -0.39 is 0 Å². The molecule has 0 aliphatic heterocycles. The predicted octanol–water partition coefficient (Wildman–Crippen LogP) is 1.91. The first-order chi connectivity index (χ1) is 6.76. The molecule has 1 aromatic rings. The van der Waals surface area contributed by atoms with Gasteiger partial charge in [0, 0.05) is 12.6 Å². The molecule has 1 unspecified atom stereocenters. The summed E-state index contributed by atoms with van der Waals surface area (Å²) in [7, 11) is 0. The van der Waals surface area contributed by atoms with Crippen LogP contribution in [0.2, 0.25) is 0 Å². The highest BCUT2D eigenvalue weighted by molar-refractivity contribution is 5.36. The van der Waals surface area contributed by atoms with Gasteiger partial charge >= 0.3 is 0 Å². The molecule has 3 nitrogen and oxygen atoms in total. The van der Waals surface area contributed by atoms with Gasteiger partial charge in [0.2, 0.25) is 5.88 Å². The Morgan fingerprint density at radius 3 is 3.07 bits per heavy atom. The van der Waals surface area contributed by atoms with Crippen LogP contribution in [0.5, 0.6) is 5.88 Å². The Kier molecular flexibility index (Phi) is 3.81. The summed E-state index contributed by atoms with van der Waals surface area (Å²) in [6, 6.07) is 5.55. The van der Waals surface area contributed by atoms with E-state index in [2.05, 4.69) is 16.2 Å². The van der Waals surface area contributed by atoms with Crippen LogP contribution >= 0.6 is 0 Å². The average Bonchev–Trinajstić information content (AvgIpc) is 2.19. The molecule has 1 heterocycles. The molecule has 74 valence electrons. The second-order valence-electron chi connectivity index (χ2n) is 2.82. The van der Waals surface area contributed by atoms with E-state index in [4.69, 9.17) is 11.2 Å². The van der Waals surface area contributed by atoms with E-state index in [1.807, 2.05) is 26.0 Å². The molecule has 3 heteroatoms. The molecule has 1 aromatic heterocycles. The van der Waals surface area contributed by atoms with Gasteiger partial charge in [-0.15, -0.1) is 6.42 Å². The first-order valence-corrected chi connectivity index (χ1v) is 4.60. The number of nitrogens with zero attached hydrogens (tertiary/aromatic N) is 1. The Hall–Kier alpha value is -1.69. The maximum Gasteiger partial charge on any atom is 0.216 e. The molecule has 0 bridgehead atoms. The SMILES string of the molecule is C#CC(C)Oc1cccc(NCC)n1. The summed E-state index contributed by atoms with van der Waals surface area (Å²) in [5.74, 6) is 3.83. The molecule has 0 aliphatic carbocycles. The van der Waals surface area contributed by atoms with Crippen molar-refractivity contribution < 1.29 is 4.74 Å². The number of nitrogens with one attached hydrogen (secondary N) is 1. The van der Waals surface area contributed by atoms with Crippen molar-refractivity contribution in [2.24, 2.45) is 0 Å². The zero-order chi connectivity index (χ0) is 10.4. The van der Waals surface area contributed by atoms with E-state index in [-0.39, 0.29) is 6.10 Å². The lowest BCUT2D eigenvalue weighted by Crippen LogP contribution is -2.10. The summed E-state index contributed by atoms with van der Waals surface area (Å²) in [6.45, 7) is 4.65. The van der Waals surface area contributed by atoms with E-state index in [1.54, 1.807) is 6.07 Å². The van der Waals surface area contributed by atoms with Crippen LogP contribution < -0.4 is 10.1 Å². The van der Waals surface area contributed by atoms with Crippen LogP contribution in [-0.4, -0.2) is 17.6 Å². The Labute approximate surface area is 84.5 Å². The summed E-state index contributed by atoms with van der Waals surface area (Å²) in [5, 5.41) is 3.10. The van der Waals surface area contributed by atoms with Crippen molar-refractivity contribution in [1.29, 1.82) is 0 Å². The maximum absolute atomic E-state index is 5.36. The van der Waals surface area contributed by atoms with Crippen LogP contribution in [0.15, 0.2) is 18.2 Å². The number of ether oxygens (including phenoxy) is 1. The quantitative estimate of drug-likeness (QED) is 0.736. The third-order valence-electron chi connectivity index (χ3n) is 1.61. The van der Waals surface area contributed by atoms with Gasteiger partial charge in [0.1, 0.15) is 5.82 Å². The molecular weight excluding hydrogens is 176 g/mol. The van der Waals surface area contributed by atoms with Crippen LogP contribution in [0, 0.1) is 12.3 Å². The van der Waals surface area contributed by atoms with Crippen LogP contribution in [0.25, 0.3) is 0 Å². The molecule has 0 radical (unpaired) electrons. The summed E-state index contributed by atoms with van der Waals surface area (Å²) in [6.07, 6.45) is 4.95. The van der Waals surface area contributed by atoms with Crippen molar-refractivity contribution >= 4 is 5.82 Å². The van der Waals surface area contributed by atoms with Gasteiger partial charge in [0.05, 0.1) is 0 Å². The van der Waals surface area contributed by atoms with Crippen LogP contribution in [0.3, 0.4) is 0 Å². The largest absolute Gasteiger partial charge is 0.461 e. The van der Waals surface area contributed by atoms with Gasteiger partial charge < -0.3 is 10.1 Å². The molecule has 0 saturated heterocycles. The zero-order valence-corrected chi connectivity index (χ0v) is 8.45. The summed E-state index contributed by atoms with van der Waals surface area (Å²) in [5.41, 5.74) is 0. The van der Waals surface area contributed by atoms with E-state index in [9.17, 15) is 0 Å². The number of terminal acetylenes is 1. The number of aromatic nitrogens is 1. The van der Waals surface area contributed by atoms with E-state index >= 15 is 0 Å². The Morgan fingerprint density at radius 2 is 2.43 bits per heavy atom. The lowest BCUT2D eigenvalue weighted by atomic mass is 10.4. The minimum Gasteiger partial charge on any atom is -0.461 e. The highest BCUT2D eigenvalue weighted by Gasteiger charge is 2.01. The molecule has 0 aliphatic rings. The maximum atomic E-state index is 5.36. The minimum absolute atomic E-state index is 0.251. The molecule has 0 spiro atoms. The first-order valence-electron chi connectivity index (χ1n) is 4.60. The predicted molar refractivity (Wildman–Crippen MR) is 57.3 cm³/mol. The van der Waals surface area contributed by atoms with Gasteiger partial charge in [0.25, 0.3) is 0 Å². The first kappa shape index (κ1) is 10.4. The molecule has 1 N–H and O–H groups in total. The number of hydrogen-bond donors (Lipinski definition) is 1. The third kappa shape index (κ3) is 2.98. The molecule has 1 rings (SSSR count). The normalized spacial score (nSPS) is 11.5. The molecule has 0 aromatic carbocycles. The smallest absolute Gasteiger partial charge is 0.216 e. The standard InChI is InChI=1S/C11H14N2O/c1-4-9(3)14-11-8-6-7-10(13-11)12-5-2/h1,6-9H,5H2,2-3H3,(H,12,13). The van der Waals surface area contributed by atoms with Crippen molar-refractivity contribution in [3.05, 3.63) is 18.2 Å². The van der Waals surface area contributed by atoms with Gasteiger partial charge in [-0.2, -0.15) is 4.98 Å². The monoisotopic (exact) mass is 190 g/mol. The molecule has 0 fully saturated rings. The van der Waals surface area contributed by atoms with Crippen molar-refractivity contribution in [2.75, 3.05) is 11.9 Å². The molecular formula is C11H14N2O. The second kappa shape index (κ2) is 5.13. The van der Waals surface area contributed by atoms with E-state index in [0.29, 0.717) is 5.88 Å². The van der Waals surface area contributed by atoms with Crippen molar-refractivity contribution in [2.45, 2.75) is 20.0 Å². The van der Waals surface area contributed by atoms with Gasteiger partial charge in [-0.25, -0.2) is 0 Å². The Morgan fingerprint density at radius 1 is 1.64 bits per heavy atom. The Bertz CT molecular complexity index is 330. The number of rotatable bonds is 4. The van der Waals surface area contributed by atoms with E-state index in [1.165, 1.54) is 0 Å². The fraction of sp³-hybridized carbons (Fsp3) is 0.364. The second-order valence-corrected chi connectivity index (χ2v) is 2.82. The third-order valence-corrected chi connectivity index (χ3v) is 1.61. The summed E-state index contributed by atoms with van der Waals surface area (Å²) < 4.78 is 5.36. The summed E-state index contributed by atoms with van der Waals surface area (Å²) >= 11 is 0. The van der Waals surface area contributed by atoms with Crippen molar-refractivity contribution in [3.8, 4) is 18.2 Å². The topological polar surface area (TPSA) is 34.1 Å². The zero-order valence-electron chi connectivity index (χ0n) is 8.45. The van der Waals surface area contributed by atoms with E-state index in [0.717, 1.165) is 12.4 Å². The van der Waals surface area contributed by atoms with Crippen molar-refractivity contribution in [1.82, 2.24) is 4.98 Å². The fourth-order valence-electron chi connectivity index (χ4n) is 0.975. The van der Waals surface area contributed by atoms with Crippen LogP contribution in [-0.2, 0) is 0 Å². The number of anilines is 1. The minimum atomic E-state index is -0.251. The van der Waals surface area contributed by atoms with Gasteiger partial charge in [0.15, 0.2) is 6.10 Å². The molecule has 14 heavy (non-hydrogen) atoms. The molecule has 1 atom stereocenters. The van der Waals surface area contributed by atoms with Gasteiger partial charge in [-0.3, -0.25) is 0 Å². The van der Waals surface area contributed by atoms with Gasteiger partial charge in [-0.1, -0.05) is 12.0 Å². The lowest BCUT2D eigenvalue weighted by molar-refractivity contribution is 0.268. The van der Waals surface area contributed by atoms with Crippen LogP contribution in [0.4, 0.5) is 5.82 Å². The highest BCUT2D eigenvalue weighted by Crippen LogP contribution is 2.12.